The van der Waals surface area contributed by atoms with E-state index in [0.717, 1.165) is 35.6 Å². The number of ether oxygens (including phenoxy) is 1. The number of hydrogen-bond donors (Lipinski definition) is 0. The first-order valence-corrected chi connectivity index (χ1v) is 9.53. The maximum absolute atomic E-state index is 12.4. The number of nitrogens with zero attached hydrogens (tertiary/aromatic N) is 4. The summed E-state index contributed by atoms with van der Waals surface area (Å²) in [4.78, 5) is 19.8. The lowest BCUT2D eigenvalue weighted by molar-refractivity contribution is 0.0592. The van der Waals surface area contributed by atoms with Crippen molar-refractivity contribution in [3.8, 4) is 0 Å². The summed E-state index contributed by atoms with van der Waals surface area (Å²) in [6, 6.07) is 8.20. The fourth-order valence-corrected chi connectivity index (χ4v) is 4.05. The molecule has 6 heteroatoms. The van der Waals surface area contributed by atoms with Gasteiger partial charge in [0.05, 0.1) is 23.8 Å². The van der Waals surface area contributed by atoms with Crippen molar-refractivity contribution < 1.29 is 9.53 Å². The largest absolute Gasteiger partial charge is 0.464 e. The lowest BCUT2D eigenvalue weighted by atomic mass is 10.1. The van der Waals surface area contributed by atoms with Gasteiger partial charge in [0.1, 0.15) is 0 Å². The van der Waals surface area contributed by atoms with Gasteiger partial charge in [0.25, 0.3) is 0 Å². The van der Waals surface area contributed by atoms with Gasteiger partial charge in [0.15, 0.2) is 5.69 Å². The summed E-state index contributed by atoms with van der Waals surface area (Å²) < 4.78 is 9.26. The maximum atomic E-state index is 12.4. The summed E-state index contributed by atoms with van der Waals surface area (Å²) in [6.07, 6.45) is 4.62. The minimum atomic E-state index is -0.326. The Morgan fingerprint density at radius 2 is 1.85 bits per heavy atom. The molecule has 1 aliphatic heterocycles. The smallest absolute Gasteiger partial charge is 0.357 e. The first-order chi connectivity index (χ1) is 12.7. The SMILES string of the molecule is CCc1nc2n(CCN3CCCCC3)c3ccccc3n2c1C(=O)OC. The molecule has 1 saturated heterocycles. The third-order valence-electron chi connectivity index (χ3n) is 5.39. The Hall–Kier alpha value is -2.34. The molecule has 6 nitrogen and oxygen atoms in total. The number of methoxy groups -OCH3 is 1. The summed E-state index contributed by atoms with van der Waals surface area (Å²) in [6.45, 7) is 6.26. The third-order valence-corrected chi connectivity index (χ3v) is 5.39. The van der Waals surface area contributed by atoms with Crippen LogP contribution in [0.4, 0.5) is 0 Å². The zero-order valence-electron chi connectivity index (χ0n) is 15.6. The molecule has 0 unspecified atom stereocenters. The van der Waals surface area contributed by atoms with Crippen molar-refractivity contribution in [3.05, 3.63) is 35.7 Å². The van der Waals surface area contributed by atoms with Crippen LogP contribution in [-0.2, 0) is 17.7 Å². The zero-order valence-corrected chi connectivity index (χ0v) is 15.6. The molecule has 3 aromatic rings. The molecule has 0 aliphatic carbocycles. The van der Waals surface area contributed by atoms with Crippen LogP contribution in [0.2, 0.25) is 0 Å². The van der Waals surface area contributed by atoms with Gasteiger partial charge < -0.3 is 14.2 Å². The van der Waals surface area contributed by atoms with Crippen molar-refractivity contribution in [2.75, 3.05) is 26.7 Å². The van der Waals surface area contributed by atoms with Crippen LogP contribution in [0, 0.1) is 0 Å². The number of aryl methyl sites for hydroxylation is 1. The highest BCUT2D eigenvalue weighted by Gasteiger charge is 2.24. The molecule has 1 aromatic carbocycles. The molecule has 0 atom stereocenters. The standard InChI is InChI=1S/C20H26N4O2/c1-3-15-18(19(25)26-2)24-17-10-6-5-9-16(17)23(20(24)21-15)14-13-22-11-7-4-8-12-22/h5-6,9-10H,3-4,7-8,11-14H2,1-2H3. The van der Waals surface area contributed by atoms with Crippen LogP contribution in [0.1, 0.15) is 42.4 Å². The average Bonchev–Trinajstić information content (AvgIpc) is 3.21. The predicted octanol–water partition coefficient (Wildman–Crippen LogP) is 3.12. The molecular weight excluding hydrogens is 328 g/mol. The average molecular weight is 354 g/mol. The van der Waals surface area contributed by atoms with Crippen molar-refractivity contribution in [1.82, 2.24) is 18.9 Å². The molecule has 2 aromatic heterocycles. The van der Waals surface area contributed by atoms with E-state index in [9.17, 15) is 4.79 Å². The van der Waals surface area contributed by atoms with Crippen molar-refractivity contribution >= 4 is 22.8 Å². The number of aromatic nitrogens is 3. The summed E-state index contributed by atoms with van der Waals surface area (Å²) in [5.41, 5.74) is 3.47. The summed E-state index contributed by atoms with van der Waals surface area (Å²) in [5.74, 6) is 0.508. The molecule has 4 rings (SSSR count). The van der Waals surface area contributed by atoms with Gasteiger partial charge in [-0.15, -0.1) is 0 Å². The number of carbonyl (C=O) groups is 1. The number of imidazole rings is 2. The molecule has 3 heterocycles. The Bertz CT molecular complexity index is 934. The van der Waals surface area contributed by atoms with Crippen molar-refractivity contribution in [2.24, 2.45) is 0 Å². The van der Waals surface area contributed by atoms with Gasteiger partial charge in [-0.2, -0.15) is 0 Å². The van der Waals surface area contributed by atoms with E-state index in [1.807, 2.05) is 29.5 Å². The second kappa shape index (κ2) is 7.11. The monoisotopic (exact) mass is 354 g/mol. The summed E-state index contributed by atoms with van der Waals surface area (Å²) in [7, 11) is 1.43. The molecule has 0 spiro atoms. The van der Waals surface area contributed by atoms with Crippen LogP contribution in [0.25, 0.3) is 16.8 Å². The van der Waals surface area contributed by atoms with Gasteiger partial charge in [-0.05, 0) is 44.5 Å². The first-order valence-electron chi connectivity index (χ1n) is 9.53. The van der Waals surface area contributed by atoms with Gasteiger partial charge in [-0.25, -0.2) is 9.78 Å². The van der Waals surface area contributed by atoms with E-state index >= 15 is 0 Å². The number of likely N-dealkylation sites (tertiary alicyclic amines) is 1. The van der Waals surface area contributed by atoms with Crippen molar-refractivity contribution in [2.45, 2.75) is 39.2 Å². The minimum Gasteiger partial charge on any atom is -0.464 e. The van der Waals surface area contributed by atoms with E-state index in [-0.39, 0.29) is 5.97 Å². The number of hydrogen-bond acceptors (Lipinski definition) is 4. The Labute approximate surface area is 153 Å². The van der Waals surface area contributed by atoms with Gasteiger partial charge in [-0.1, -0.05) is 25.5 Å². The highest BCUT2D eigenvalue weighted by molar-refractivity contribution is 5.93. The van der Waals surface area contributed by atoms with Crippen LogP contribution in [0.5, 0.6) is 0 Å². The Morgan fingerprint density at radius 1 is 1.12 bits per heavy atom. The molecule has 0 radical (unpaired) electrons. The van der Waals surface area contributed by atoms with Crippen LogP contribution in [0.15, 0.2) is 24.3 Å². The van der Waals surface area contributed by atoms with Crippen LogP contribution in [-0.4, -0.2) is 51.6 Å². The lowest BCUT2D eigenvalue weighted by Crippen LogP contribution is -2.32. The normalized spacial score (nSPS) is 15.8. The highest BCUT2D eigenvalue weighted by Crippen LogP contribution is 2.25. The van der Waals surface area contributed by atoms with Gasteiger partial charge in [0, 0.05) is 13.1 Å². The fraction of sp³-hybridized carbons (Fsp3) is 0.500. The molecule has 1 fully saturated rings. The van der Waals surface area contributed by atoms with Crippen LogP contribution < -0.4 is 0 Å². The van der Waals surface area contributed by atoms with E-state index in [2.05, 4.69) is 15.5 Å². The Balaban J connectivity index is 1.82. The second-order valence-corrected chi connectivity index (χ2v) is 6.93. The number of esters is 1. The van der Waals surface area contributed by atoms with Gasteiger partial charge >= 0.3 is 5.97 Å². The molecule has 0 bridgehead atoms. The Kier molecular flexibility index (Phi) is 4.68. The summed E-state index contributed by atoms with van der Waals surface area (Å²) >= 11 is 0. The highest BCUT2D eigenvalue weighted by atomic mass is 16.5. The van der Waals surface area contributed by atoms with E-state index in [1.165, 1.54) is 39.5 Å². The molecule has 1 aliphatic rings. The van der Waals surface area contributed by atoms with Crippen molar-refractivity contribution in [1.29, 1.82) is 0 Å². The van der Waals surface area contributed by atoms with E-state index in [4.69, 9.17) is 9.72 Å². The number of para-hydroxylation sites is 2. The third kappa shape index (κ3) is 2.78. The first kappa shape index (κ1) is 17.1. The molecule has 26 heavy (non-hydrogen) atoms. The molecule has 0 amide bonds. The topological polar surface area (TPSA) is 51.8 Å². The van der Waals surface area contributed by atoms with E-state index < -0.39 is 0 Å². The number of benzene rings is 1. The molecular formula is C20H26N4O2. The number of carbonyl (C=O) groups excluding carboxylic acids is 1. The summed E-state index contributed by atoms with van der Waals surface area (Å²) in [5, 5.41) is 0. The van der Waals surface area contributed by atoms with Gasteiger partial charge in [0.2, 0.25) is 5.78 Å². The molecule has 138 valence electrons. The van der Waals surface area contributed by atoms with E-state index in [0.29, 0.717) is 12.1 Å². The van der Waals surface area contributed by atoms with E-state index in [1.54, 1.807) is 0 Å². The Morgan fingerprint density at radius 3 is 2.54 bits per heavy atom. The van der Waals surface area contributed by atoms with Crippen molar-refractivity contribution in [3.63, 3.8) is 0 Å². The minimum absolute atomic E-state index is 0.326. The maximum Gasteiger partial charge on any atom is 0.357 e. The predicted molar refractivity (Wildman–Crippen MR) is 102 cm³/mol. The molecule has 0 saturated carbocycles. The quantitative estimate of drug-likeness (QED) is 0.661. The number of piperidine rings is 1. The van der Waals surface area contributed by atoms with Crippen LogP contribution in [0.3, 0.4) is 0 Å². The lowest BCUT2D eigenvalue weighted by Gasteiger charge is -2.26. The zero-order chi connectivity index (χ0) is 18.1. The molecule has 0 N–H and O–H groups in total. The second-order valence-electron chi connectivity index (χ2n) is 6.93. The number of fused-ring (bicyclic) bond motifs is 3. The van der Waals surface area contributed by atoms with Crippen LogP contribution >= 0.6 is 0 Å². The number of rotatable bonds is 5. The fourth-order valence-electron chi connectivity index (χ4n) is 4.05. The van der Waals surface area contributed by atoms with Gasteiger partial charge in [-0.3, -0.25) is 4.40 Å².